The zero-order valence-corrected chi connectivity index (χ0v) is 17.9. The Hall–Kier alpha value is -2.62. The van der Waals surface area contributed by atoms with Gasteiger partial charge in [0.2, 0.25) is 0 Å². The highest BCUT2D eigenvalue weighted by Crippen LogP contribution is 2.22. The van der Waals surface area contributed by atoms with E-state index in [4.69, 9.17) is 10.5 Å². The fourth-order valence-corrected chi connectivity index (χ4v) is 3.10. The van der Waals surface area contributed by atoms with Crippen LogP contribution in [-0.2, 0) is 11.3 Å². The van der Waals surface area contributed by atoms with Gasteiger partial charge in [-0.15, -0.1) is 0 Å². The molecule has 0 unspecified atom stereocenters. The number of hydrogen-bond acceptors (Lipinski definition) is 5. The van der Waals surface area contributed by atoms with Crippen molar-refractivity contribution in [1.82, 2.24) is 9.55 Å². The van der Waals surface area contributed by atoms with Crippen LogP contribution in [0.15, 0.2) is 32.3 Å². The molecule has 29 heavy (non-hydrogen) atoms. The highest BCUT2D eigenvalue weighted by atomic mass is 79.9. The van der Waals surface area contributed by atoms with Crippen LogP contribution in [0.4, 0.5) is 15.9 Å². The van der Waals surface area contributed by atoms with Crippen LogP contribution in [0.25, 0.3) is 0 Å². The number of halogens is 2. The molecule has 0 aliphatic heterocycles. The van der Waals surface area contributed by atoms with E-state index < -0.39 is 29.6 Å². The molecule has 3 N–H and O–H groups in total. The third-order valence-corrected chi connectivity index (χ3v) is 4.71. The SMILES string of the molecule is CCCCN(C(=O)COc1ccc(Br)cc1F)c1c(N)n(CCC)c(=O)[nH]c1=O. The first-order valence-corrected chi connectivity index (χ1v) is 10.1. The molecule has 0 bridgehead atoms. The predicted octanol–water partition coefficient (Wildman–Crippen LogP) is 2.64. The molecule has 0 spiro atoms. The van der Waals surface area contributed by atoms with Gasteiger partial charge in [0, 0.05) is 17.6 Å². The van der Waals surface area contributed by atoms with E-state index in [9.17, 15) is 18.8 Å². The zero-order chi connectivity index (χ0) is 21.6. The van der Waals surface area contributed by atoms with Crippen molar-refractivity contribution in [2.75, 3.05) is 23.8 Å². The number of nitrogens with one attached hydrogen (secondary N) is 1. The van der Waals surface area contributed by atoms with Crippen molar-refractivity contribution in [3.63, 3.8) is 0 Å². The van der Waals surface area contributed by atoms with Crippen LogP contribution in [-0.4, -0.2) is 28.6 Å². The summed E-state index contributed by atoms with van der Waals surface area (Å²) in [5.74, 6) is -1.37. The molecule has 0 atom stereocenters. The highest BCUT2D eigenvalue weighted by Gasteiger charge is 2.24. The fourth-order valence-electron chi connectivity index (χ4n) is 2.77. The molecule has 1 amide bonds. The van der Waals surface area contributed by atoms with Crippen LogP contribution in [0.3, 0.4) is 0 Å². The number of nitrogen functional groups attached to an aromatic ring is 1. The van der Waals surface area contributed by atoms with E-state index in [1.165, 1.54) is 21.6 Å². The van der Waals surface area contributed by atoms with Gasteiger partial charge < -0.3 is 15.4 Å². The van der Waals surface area contributed by atoms with E-state index in [1.807, 2.05) is 13.8 Å². The van der Waals surface area contributed by atoms with Gasteiger partial charge in [0.25, 0.3) is 11.5 Å². The third kappa shape index (κ3) is 5.47. The Morgan fingerprint density at radius 1 is 1.31 bits per heavy atom. The molecule has 8 nitrogen and oxygen atoms in total. The van der Waals surface area contributed by atoms with E-state index >= 15 is 0 Å². The van der Waals surface area contributed by atoms with Gasteiger partial charge in [-0.3, -0.25) is 19.1 Å². The number of benzene rings is 1. The molecule has 1 aromatic carbocycles. The van der Waals surface area contributed by atoms with Gasteiger partial charge in [-0.25, -0.2) is 9.18 Å². The molecule has 1 aromatic heterocycles. The lowest BCUT2D eigenvalue weighted by atomic mass is 10.2. The average molecular weight is 471 g/mol. The molecule has 2 aromatic rings. The normalized spacial score (nSPS) is 10.8. The summed E-state index contributed by atoms with van der Waals surface area (Å²) in [5.41, 5.74) is 4.59. The van der Waals surface area contributed by atoms with E-state index in [2.05, 4.69) is 20.9 Å². The topological polar surface area (TPSA) is 110 Å². The molecule has 10 heteroatoms. The summed E-state index contributed by atoms with van der Waals surface area (Å²) < 4.78 is 21.0. The second-order valence-electron chi connectivity index (χ2n) is 6.41. The lowest BCUT2D eigenvalue weighted by molar-refractivity contribution is -0.120. The van der Waals surface area contributed by atoms with Crippen LogP contribution < -0.4 is 26.6 Å². The Morgan fingerprint density at radius 3 is 2.66 bits per heavy atom. The van der Waals surface area contributed by atoms with Crippen molar-refractivity contribution in [2.45, 2.75) is 39.7 Å². The molecule has 1 heterocycles. The summed E-state index contributed by atoms with van der Waals surface area (Å²) in [6.45, 7) is 3.80. The van der Waals surface area contributed by atoms with Gasteiger partial charge in [0.1, 0.15) is 5.82 Å². The summed E-state index contributed by atoms with van der Waals surface area (Å²) in [5, 5.41) is 0. The number of hydrogen-bond donors (Lipinski definition) is 2. The van der Waals surface area contributed by atoms with E-state index in [1.54, 1.807) is 6.07 Å². The predicted molar refractivity (Wildman–Crippen MR) is 113 cm³/mol. The van der Waals surface area contributed by atoms with Crippen molar-refractivity contribution in [2.24, 2.45) is 0 Å². The molecule has 0 aliphatic rings. The lowest BCUT2D eigenvalue weighted by Gasteiger charge is -2.24. The smallest absolute Gasteiger partial charge is 0.330 e. The number of amides is 1. The van der Waals surface area contributed by atoms with Crippen molar-refractivity contribution in [3.05, 3.63) is 49.3 Å². The Balaban J connectivity index is 2.36. The molecule has 0 saturated heterocycles. The van der Waals surface area contributed by atoms with Crippen molar-refractivity contribution in [1.29, 1.82) is 0 Å². The number of carbonyl (C=O) groups excluding carboxylic acids is 1. The third-order valence-electron chi connectivity index (χ3n) is 4.21. The standard InChI is InChI=1S/C19H24BrFN4O4/c1-3-5-9-24(15(26)11-29-14-7-6-12(20)10-13(14)21)16-17(22)25(8-4-2)19(28)23-18(16)27/h6-7,10H,3-5,8-9,11,22H2,1-2H3,(H,23,27,28). The Labute approximate surface area is 175 Å². The quantitative estimate of drug-likeness (QED) is 0.585. The highest BCUT2D eigenvalue weighted by molar-refractivity contribution is 9.10. The second kappa shape index (κ2) is 10.2. The number of unbranched alkanes of at least 4 members (excludes halogenated alkanes) is 1. The number of nitrogens with two attached hydrogens (primary N) is 1. The molecular formula is C19H24BrFN4O4. The maximum atomic E-state index is 13.9. The minimum absolute atomic E-state index is 0.0834. The van der Waals surface area contributed by atoms with Crippen molar-refractivity contribution < 1.29 is 13.9 Å². The molecule has 158 valence electrons. The first-order valence-electron chi connectivity index (χ1n) is 9.30. The van der Waals surface area contributed by atoms with Crippen LogP contribution in [0.5, 0.6) is 5.75 Å². The van der Waals surface area contributed by atoms with Crippen molar-refractivity contribution >= 4 is 33.3 Å². The van der Waals surface area contributed by atoms with Crippen LogP contribution >= 0.6 is 15.9 Å². The van der Waals surface area contributed by atoms with Gasteiger partial charge in [-0.2, -0.15) is 0 Å². The molecule has 0 saturated carbocycles. The number of aromatic nitrogens is 2. The monoisotopic (exact) mass is 470 g/mol. The summed E-state index contributed by atoms with van der Waals surface area (Å²) in [7, 11) is 0. The lowest BCUT2D eigenvalue weighted by Crippen LogP contribution is -2.43. The summed E-state index contributed by atoms with van der Waals surface area (Å²) in [6, 6.07) is 4.20. The Bertz CT molecular complexity index is 989. The number of anilines is 2. The molecule has 0 radical (unpaired) electrons. The van der Waals surface area contributed by atoms with Gasteiger partial charge in [-0.05, 0) is 31.0 Å². The van der Waals surface area contributed by atoms with Crippen LogP contribution in [0.1, 0.15) is 33.1 Å². The second-order valence-corrected chi connectivity index (χ2v) is 7.32. The van der Waals surface area contributed by atoms with Gasteiger partial charge in [0.15, 0.2) is 23.9 Å². The summed E-state index contributed by atoms with van der Waals surface area (Å²) in [4.78, 5) is 40.7. The largest absolute Gasteiger partial charge is 0.481 e. The van der Waals surface area contributed by atoms with Crippen LogP contribution in [0.2, 0.25) is 0 Å². The van der Waals surface area contributed by atoms with Gasteiger partial charge in [0.05, 0.1) is 0 Å². The van der Waals surface area contributed by atoms with Crippen LogP contribution in [0, 0.1) is 5.82 Å². The van der Waals surface area contributed by atoms with Gasteiger partial charge in [-0.1, -0.05) is 36.2 Å². The zero-order valence-electron chi connectivity index (χ0n) is 16.3. The number of rotatable bonds is 9. The minimum atomic E-state index is -0.751. The number of aromatic amines is 1. The Morgan fingerprint density at radius 2 is 2.03 bits per heavy atom. The van der Waals surface area contributed by atoms with E-state index in [-0.39, 0.29) is 23.8 Å². The minimum Gasteiger partial charge on any atom is -0.481 e. The Kier molecular flexibility index (Phi) is 8.00. The molecule has 0 fully saturated rings. The first kappa shape index (κ1) is 22.7. The van der Waals surface area contributed by atoms with Crippen molar-refractivity contribution in [3.8, 4) is 5.75 Å². The summed E-state index contributed by atoms with van der Waals surface area (Å²) >= 11 is 3.15. The molecule has 2 rings (SSSR count). The summed E-state index contributed by atoms with van der Waals surface area (Å²) in [6.07, 6.45) is 1.98. The number of carbonyl (C=O) groups is 1. The maximum Gasteiger partial charge on any atom is 0.330 e. The molecular weight excluding hydrogens is 447 g/mol. The number of H-pyrrole nitrogens is 1. The van der Waals surface area contributed by atoms with E-state index in [0.29, 0.717) is 23.9 Å². The maximum absolute atomic E-state index is 13.9. The number of ether oxygens (including phenoxy) is 1. The number of nitrogens with zero attached hydrogens (tertiary/aromatic N) is 2. The average Bonchev–Trinajstić information content (AvgIpc) is 2.66. The molecule has 0 aliphatic carbocycles. The first-order chi connectivity index (χ1) is 13.8. The fraction of sp³-hybridized carbons (Fsp3) is 0.421. The van der Waals surface area contributed by atoms with Gasteiger partial charge >= 0.3 is 5.69 Å². The van der Waals surface area contributed by atoms with E-state index in [0.717, 1.165) is 6.42 Å².